The Bertz CT molecular complexity index is 1010. The number of fused-ring (bicyclic) bond motifs is 1. The average Bonchev–Trinajstić information content (AvgIpc) is 2.67. The summed E-state index contributed by atoms with van der Waals surface area (Å²) in [4.78, 5) is 47.2. The molecule has 2 aromatic rings. The van der Waals surface area contributed by atoms with E-state index in [4.69, 9.17) is 11.6 Å². The number of halogens is 1. The fourth-order valence-electron chi connectivity index (χ4n) is 3.75. The van der Waals surface area contributed by atoms with Crippen LogP contribution in [0.5, 0.6) is 0 Å². The lowest BCUT2D eigenvalue weighted by molar-refractivity contribution is -0.123. The molecule has 2 aliphatic rings. The van der Waals surface area contributed by atoms with Crippen molar-refractivity contribution in [3.8, 4) is 0 Å². The molecule has 1 aromatic heterocycles. The monoisotopic (exact) mass is 415 g/mol. The molecule has 2 aliphatic heterocycles. The number of benzene rings is 1. The Morgan fingerprint density at radius 2 is 2.03 bits per heavy atom. The van der Waals surface area contributed by atoms with Gasteiger partial charge in [0.05, 0.1) is 11.5 Å². The van der Waals surface area contributed by atoms with Crippen molar-refractivity contribution in [3.05, 3.63) is 45.2 Å². The minimum absolute atomic E-state index is 0.120. The van der Waals surface area contributed by atoms with Crippen molar-refractivity contribution in [1.29, 1.82) is 0 Å². The number of carbonyl (C=O) groups excluding carboxylic acids is 2. The smallest absolute Gasteiger partial charge is 0.258 e. The third-order valence-corrected chi connectivity index (χ3v) is 5.67. The molecule has 3 N–H and O–H groups in total. The molecule has 1 saturated heterocycles. The number of anilines is 3. The van der Waals surface area contributed by atoms with Gasteiger partial charge in [0, 0.05) is 30.2 Å². The number of carbonyl (C=O) groups is 2. The third kappa shape index (κ3) is 4.12. The Hall–Kier alpha value is -2.87. The van der Waals surface area contributed by atoms with E-state index in [-0.39, 0.29) is 23.7 Å². The molecule has 0 spiro atoms. The van der Waals surface area contributed by atoms with Gasteiger partial charge in [0.2, 0.25) is 17.8 Å². The predicted octanol–water partition coefficient (Wildman–Crippen LogP) is 2.72. The molecule has 1 atom stereocenters. The zero-order valence-electron chi connectivity index (χ0n) is 16.0. The molecule has 9 heteroatoms. The Balaban J connectivity index is 1.63. The van der Waals surface area contributed by atoms with Crippen LogP contribution in [0.4, 0.5) is 17.5 Å². The first-order valence-electron chi connectivity index (χ1n) is 9.66. The summed E-state index contributed by atoms with van der Waals surface area (Å²) in [6, 6.07) is 6.69. The summed E-state index contributed by atoms with van der Waals surface area (Å²) in [7, 11) is 0. The van der Waals surface area contributed by atoms with Crippen molar-refractivity contribution in [1.82, 2.24) is 9.97 Å². The van der Waals surface area contributed by atoms with E-state index in [1.54, 1.807) is 24.3 Å². The lowest BCUT2D eigenvalue weighted by Gasteiger charge is -2.31. The molecular weight excluding hydrogens is 394 g/mol. The van der Waals surface area contributed by atoms with Crippen molar-refractivity contribution < 1.29 is 9.59 Å². The maximum absolute atomic E-state index is 12.8. The van der Waals surface area contributed by atoms with E-state index in [2.05, 4.69) is 27.5 Å². The van der Waals surface area contributed by atoms with Gasteiger partial charge in [0.25, 0.3) is 5.56 Å². The molecule has 0 radical (unpaired) electrons. The molecule has 4 rings (SSSR count). The van der Waals surface area contributed by atoms with Gasteiger partial charge in [-0.15, -0.1) is 0 Å². The molecule has 0 aliphatic carbocycles. The van der Waals surface area contributed by atoms with E-state index in [9.17, 15) is 14.4 Å². The SMILES string of the molecule is CC1CCN(c2nc3c(c(=O)[nH]2)[C@@H](C(=O)Nc2cccc(Cl)c2)CC(=O)N3)CC1. The van der Waals surface area contributed by atoms with Gasteiger partial charge in [-0.05, 0) is 37.0 Å². The van der Waals surface area contributed by atoms with Crippen LogP contribution < -0.4 is 21.1 Å². The Morgan fingerprint density at radius 1 is 1.28 bits per heavy atom. The van der Waals surface area contributed by atoms with Gasteiger partial charge in [-0.25, -0.2) is 0 Å². The second-order valence-electron chi connectivity index (χ2n) is 7.63. The number of amides is 2. The highest BCUT2D eigenvalue weighted by Crippen LogP contribution is 2.31. The number of aromatic amines is 1. The van der Waals surface area contributed by atoms with Crippen LogP contribution >= 0.6 is 11.6 Å². The number of rotatable bonds is 3. The highest BCUT2D eigenvalue weighted by Gasteiger charge is 2.35. The van der Waals surface area contributed by atoms with E-state index in [0.717, 1.165) is 25.9 Å². The van der Waals surface area contributed by atoms with Crippen molar-refractivity contribution in [3.63, 3.8) is 0 Å². The van der Waals surface area contributed by atoms with E-state index in [1.165, 1.54) is 0 Å². The molecule has 0 unspecified atom stereocenters. The summed E-state index contributed by atoms with van der Waals surface area (Å²) in [5.41, 5.74) is 0.270. The van der Waals surface area contributed by atoms with Crippen LogP contribution in [0.15, 0.2) is 29.1 Å². The maximum atomic E-state index is 12.8. The van der Waals surface area contributed by atoms with Gasteiger partial charge >= 0.3 is 0 Å². The second kappa shape index (κ2) is 7.87. The molecule has 0 bridgehead atoms. The van der Waals surface area contributed by atoms with E-state index in [1.807, 2.05) is 4.90 Å². The lowest BCUT2D eigenvalue weighted by atomic mass is 9.92. The number of piperidine rings is 1. The lowest BCUT2D eigenvalue weighted by Crippen LogP contribution is -2.39. The standard InChI is InChI=1S/C20H22ClN5O3/c1-11-5-7-26(8-6-11)20-24-17-16(19(29)25-20)14(10-15(27)23-17)18(28)22-13-4-2-3-12(21)9-13/h2-4,9,11,14H,5-8,10H2,1H3,(H,22,28)(H2,23,24,25,27,29)/t14-/m0/s1. The Morgan fingerprint density at radius 3 is 2.76 bits per heavy atom. The van der Waals surface area contributed by atoms with Crippen LogP contribution in [0, 0.1) is 5.92 Å². The molecule has 0 saturated carbocycles. The summed E-state index contributed by atoms with van der Waals surface area (Å²) in [5.74, 6) is -0.503. The van der Waals surface area contributed by atoms with Crippen molar-refractivity contribution in [2.75, 3.05) is 28.6 Å². The van der Waals surface area contributed by atoms with Crippen molar-refractivity contribution in [2.24, 2.45) is 5.92 Å². The normalized spacial score (nSPS) is 19.4. The highest BCUT2D eigenvalue weighted by molar-refractivity contribution is 6.30. The zero-order valence-corrected chi connectivity index (χ0v) is 16.8. The number of nitrogens with one attached hydrogen (secondary N) is 3. The molecule has 1 aromatic carbocycles. The average molecular weight is 416 g/mol. The number of nitrogens with zero attached hydrogens (tertiary/aromatic N) is 2. The van der Waals surface area contributed by atoms with Crippen LogP contribution in [0.1, 0.15) is 37.7 Å². The molecule has 8 nitrogen and oxygen atoms in total. The molecule has 152 valence electrons. The highest BCUT2D eigenvalue weighted by atomic mass is 35.5. The third-order valence-electron chi connectivity index (χ3n) is 5.43. The number of hydrogen-bond donors (Lipinski definition) is 3. The molecular formula is C20H22ClN5O3. The number of hydrogen-bond acceptors (Lipinski definition) is 5. The zero-order chi connectivity index (χ0) is 20.5. The van der Waals surface area contributed by atoms with Crippen molar-refractivity contribution in [2.45, 2.75) is 32.1 Å². The minimum Gasteiger partial charge on any atom is -0.342 e. The molecule has 3 heterocycles. The van der Waals surface area contributed by atoms with Crippen LogP contribution in [-0.2, 0) is 9.59 Å². The summed E-state index contributed by atoms with van der Waals surface area (Å²) in [6.07, 6.45) is 1.90. The minimum atomic E-state index is -0.926. The fraction of sp³-hybridized carbons (Fsp3) is 0.400. The van der Waals surface area contributed by atoms with Crippen LogP contribution in [0.25, 0.3) is 0 Å². The van der Waals surface area contributed by atoms with Gasteiger partial charge in [0.1, 0.15) is 5.82 Å². The number of H-pyrrole nitrogens is 1. The largest absolute Gasteiger partial charge is 0.342 e. The maximum Gasteiger partial charge on any atom is 0.258 e. The summed E-state index contributed by atoms with van der Waals surface area (Å²) >= 11 is 5.96. The Labute approximate surface area is 172 Å². The van der Waals surface area contributed by atoms with Crippen molar-refractivity contribution >= 4 is 40.9 Å². The van der Waals surface area contributed by atoms with Gasteiger partial charge < -0.3 is 15.5 Å². The van der Waals surface area contributed by atoms with Gasteiger partial charge in [-0.3, -0.25) is 19.4 Å². The topological polar surface area (TPSA) is 107 Å². The Kier molecular flexibility index (Phi) is 5.27. The van der Waals surface area contributed by atoms with Crippen LogP contribution in [0.2, 0.25) is 5.02 Å². The van der Waals surface area contributed by atoms with Gasteiger partial charge in [-0.2, -0.15) is 4.98 Å². The fourth-order valence-corrected chi connectivity index (χ4v) is 3.94. The van der Waals surface area contributed by atoms with E-state index >= 15 is 0 Å². The van der Waals surface area contributed by atoms with E-state index in [0.29, 0.717) is 22.6 Å². The number of aromatic nitrogens is 2. The molecule has 2 amide bonds. The molecule has 1 fully saturated rings. The quantitative estimate of drug-likeness (QED) is 0.714. The first-order valence-corrected chi connectivity index (χ1v) is 10.0. The molecule has 29 heavy (non-hydrogen) atoms. The second-order valence-corrected chi connectivity index (χ2v) is 8.06. The predicted molar refractivity (Wildman–Crippen MR) is 112 cm³/mol. The summed E-state index contributed by atoms with van der Waals surface area (Å²) in [6.45, 7) is 3.77. The van der Waals surface area contributed by atoms with E-state index < -0.39 is 17.4 Å². The van der Waals surface area contributed by atoms with Gasteiger partial charge in [-0.1, -0.05) is 24.6 Å². The first-order chi connectivity index (χ1) is 13.9. The first kappa shape index (κ1) is 19.4. The summed E-state index contributed by atoms with van der Waals surface area (Å²) in [5, 5.41) is 5.86. The summed E-state index contributed by atoms with van der Waals surface area (Å²) < 4.78 is 0. The van der Waals surface area contributed by atoms with Crippen LogP contribution in [0.3, 0.4) is 0 Å². The van der Waals surface area contributed by atoms with Crippen LogP contribution in [-0.4, -0.2) is 34.9 Å². The van der Waals surface area contributed by atoms with Gasteiger partial charge in [0.15, 0.2) is 0 Å².